The molecular formula is C45H52N14O9S. The Hall–Kier alpha value is -8.02. The summed E-state index contributed by atoms with van der Waals surface area (Å²) in [6.45, 7) is 6.29. The van der Waals surface area contributed by atoms with Gasteiger partial charge in [-0.2, -0.15) is 22.8 Å². The lowest BCUT2D eigenvalue weighted by atomic mass is 10.1. The van der Waals surface area contributed by atoms with Gasteiger partial charge < -0.3 is 35.0 Å². The standard InChI is InChI=1S/C45H52N14O9S/c1-7-59-30(17-25(3)53-59)41(64)51-44-49-28-18-26(39(46)62)20-31(67-6)37(28)57(44)13-8-9-14-58-38-29(50-45(58)52-42(65)36-24(2)23-48-55(36)5)19-27(40(47)63)21-32(38)68-16-10-12-54(4)34(60)11-15-56-35(61)22-33(69)43(56)66/h8-9,17-21,23,33,69H,7,10-16,22H2,1-6H3,(H2,46,62)(H2,47,63)(H,49,51,64)(H,50,52,65)/b9-8+. The number of imidazole rings is 2. The summed E-state index contributed by atoms with van der Waals surface area (Å²) in [4.78, 5) is 102. The molecule has 1 aliphatic rings. The van der Waals surface area contributed by atoms with Gasteiger partial charge in [-0.15, -0.1) is 0 Å². The first-order valence-electron chi connectivity index (χ1n) is 21.8. The molecule has 1 unspecified atom stereocenters. The quantitative estimate of drug-likeness (QED) is 0.0319. The number of allylic oxidation sites excluding steroid dienone is 2. The molecule has 362 valence electrons. The summed E-state index contributed by atoms with van der Waals surface area (Å²) in [5, 5.41) is 13.7. The highest BCUT2D eigenvalue weighted by Gasteiger charge is 2.36. The van der Waals surface area contributed by atoms with E-state index in [0.29, 0.717) is 46.5 Å². The third-order valence-corrected chi connectivity index (χ3v) is 11.9. The summed E-state index contributed by atoms with van der Waals surface area (Å²) in [6, 6.07) is 7.61. The van der Waals surface area contributed by atoms with E-state index in [1.54, 1.807) is 66.2 Å². The van der Waals surface area contributed by atoms with Crippen LogP contribution in [0.2, 0.25) is 0 Å². The zero-order valence-corrected chi connectivity index (χ0v) is 39.7. The van der Waals surface area contributed by atoms with E-state index in [1.807, 2.05) is 6.92 Å². The number of benzene rings is 2. The molecule has 1 fully saturated rings. The van der Waals surface area contributed by atoms with Gasteiger partial charge in [0.25, 0.3) is 11.8 Å². The van der Waals surface area contributed by atoms with Crippen LogP contribution in [0.1, 0.15) is 79.1 Å². The highest BCUT2D eigenvalue weighted by atomic mass is 32.1. The maximum atomic E-state index is 13.8. The van der Waals surface area contributed by atoms with Gasteiger partial charge in [0.2, 0.25) is 41.4 Å². The molecule has 0 radical (unpaired) electrons. The van der Waals surface area contributed by atoms with Gasteiger partial charge in [0.15, 0.2) is 0 Å². The summed E-state index contributed by atoms with van der Waals surface area (Å²) in [7, 11) is 4.67. The number of aryl methyl sites for hydroxylation is 4. The molecule has 1 atom stereocenters. The van der Waals surface area contributed by atoms with Crippen molar-refractivity contribution in [2.45, 2.75) is 64.9 Å². The van der Waals surface area contributed by atoms with E-state index >= 15 is 0 Å². The number of nitrogens with zero attached hydrogens (tertiary/aromatic N) is 10. The van der Waals surface area contributed by atoms with Crippen molar-refractivity contribution in [3.05, 3.63) is 82.5 Å². The number of fused-ring (bicyclic) bond motifs is 2. The Bertz CT molecular complexity index is 3050. The van der Waals surface area contributed by atoms with Crippen LogP contribution in [0.15, 0.2) is 48.7 Å². The van der Waals surface area contributed by atoms with Crippen LogP contribution in [0.4, 0.5) is 11.9 Å². The number of aromatic nitrogens is 8. The highest BCUT2D eigenvalue weighted by Crippen LogP contribution is 2.33. The van der Waals surface area contributed by atoms with Crippen molar-refractivity contribution < 1.29 is 43.0 Å². The monoisotopic (exact) mass is 964 g/mol. The van der Waals surface area contributed by atoms with Gasteiger partial charge >= 0.3 is 0 Å². The third-order valence-electron chi connectivity index (χ3n) is 11.5. The number of primary amides is 2. The van der Waals surface area contributed by atoms with Gasteiger partial charge in [-0.1, -0.05) is 12.2 Å². The average Bonchev–Trinajstić information content (AvgIpc) is 4.11. The number of ether oxygens (including phenoxy) is 2. The SMILES string of the molecule is CCn1nc(C)cc1C(=O)Nc1nc2cc(C(N)=O)cc(OC)c2n1C/C=C/Cn1c(NC(=O)c2c(C)cnn2C)nc2cc(C(N)=O)cc(OCCCN(C)C(=O)CCN3C(=O)CC(S)C3=O)c21. The minimum atomic E-state index is -0.750. The minimum Gasteiger partial charge on any atom is -0.494 e. The average molecular weight is 965 g/mol. The van der Waals surface area contributed by atoms with Gasteiger partial charge in [0.1, 0.15) is 33.9 Å². The molecule has 0 bridgehead atoms. The number of amides is 7. The fourth-order valence-electron chi connectivity index (χ4n) is 7.99. The molecule has 0 saturated carbocycles. The molecule has 6 aromatic rings. The van der Waals surface area contributed by atoms with E-state index in [2.05, 4.69) is 38.4 Å². The van der Waals surface area contributed by atoms with Gasteiger partial charge in [-0.05, 0) is 63.1 Å². The fourth-order valence-corrected chi connectivity index (χ4v) is 8.29. The normalized spacial score (nSPS) is 13.8. The predicted molar refractivity (Wildman–Crippen MR) is 255 cm³/mol. The Balaban J connectivity index is 1.19. The van der Waals surface area contributed by atoms with Crippen molar-refractivity contribution in [2.24, 2.45) is 18.5 Å². The molecule has 6 N–H and O–H groups in total. The summed E-state index contributed by atoms with van der Waals surface area (Å²) in [5.74, 6) is -2.77. The summed E-state index contributed by atoms with van der Waals surface area (Å²) < 4.78 is 18.4. The number of carbonyl (C=O) groups excluding carboxylic acids is 7. The van der Waals surface area contributed by atoms with E-state index < -0.39 is 34.8 Å². The first-order chi connectivity index (χ1) is 32.9. The van der Waals surface area contributed by atoms with Crippen LogP contribution < -0.4 is 31.6 Å². The lowest BCUT2D eigenvalue weighted by molar-refractivity contribution is -0.139. The second kappa shape index (κ2) is 20.5. The van der Waals surface area contributed by atoms with Crippen LogP contribution >= 0.6 is 12.6 Å². The van der Waals surface area contributed by atoms with Gasteiger partial charge in [0, 0.05) is 70.8 Å². The molecule has 7 amide bonds. The van der Waals surface area contributed by atoms with Crippen molar-refractivity contribution in [2.75, 3.05) is 44.5 Å². The molecule has 7 rings (SSSR count). The number of hydrogen-bond acceptors (Lipinski definition) is 14. The smallest absolute Gasteiger partial charge is 0.276 e. The number of nitrogens with one attached hydrogen (secondary N) is 2. The van der Waals surface area contributed by atoms with Crippen LogP contribution in [0.3, 0.4) is 0 Å². The van der Waals surface area contributed by atoms with Gasteiger partial charge in [-0.25, -0.2) is 9.97 Å². The number of thiol groups is 1. The minimum absolute atomic E-state index is 0.00382. The van der Waals surface area contributed by atoms with E-state index in [-0.39, 0.29) is 103 Å². The summed E-state index contributed by atoms with van der Waals surface area (Å²) in [5.41, 5.74) is 15.0. The van der Waals surface area contributed by atoms with Crippen molar-refractivity contribution in [3.8, 4) is 11.5 Å². The molecule has 24 heteroatoms. The van der Waals surface area contributed by atoms with E-state index in [1.165, 1.54) is 41.0 Å². The summed E-state index contributed by atoms with van der Waals surface area (Å²) >= 11 is 4.14. The number of imide groups is 1. The van der Waals surface area contributed by atoms with Crippen molar-refractivity contribution in [1.82, 2.24) is 48.5 Å². The molecule has 1 aliphatic heterocycles. The van der Waals surface area contributed by atoms with Crippen molar-refractivity contribution in [1.29, 1.82) is 0 Å². The highest BCUT2D eigenvalue weighted by molar-refractivity contribution is 7.81. The first kappa shape index (κ1) is 48.9. The molecule has 0 aliphatic carbocycles. The van der Waals surface area contributed by atoms with Crippen molar-refractivity contribution >= 4 is 87.9 Å². The van der Waals surface area contributed by atoms with Crippen LogP contribution in [0, 0.1) is 13.8 Å². The number of anilines is 2. The van der Waals surface area contributed by atoms with Crippen molar-refractivity contribution in [3.63, 3.8) is 0 Å². The number of likely N-dealkylation sites (tertiary alicyclic amines) is 1. The largest absolute Gasteiger partial charge is 0.494 e. The molecule has 5 heterocycles. The molecule has 4 aromatic heterocycles. The predicted octanol–water partition coefficient (Wildman–Crippen LogP) is 2.59. The lowest BCUT2D eigenvalue weighted by Crippen LogP contribution is -2.36. The second-order valence-electron chi connectivity index (χ2n) is 16.2. The zero-order valence-electron chi connectivity index (χ0n) is 38.8. The lowest BCUT2D eigenvalue weighted by Gasteiger charge is -2.20. The molecule has 1 saturated heterocycles. The maximum Gasteiger partial charge on any atom is 0.276 e. The van der Waals surface area contributed by atoms with Crippen LogP contribution in [0.25, 0.3) is 22.1 Å². The Morgan fingerprint density at radius 2 is 1.49 bits per heavy atom. The Morgan fingerprint density at radius 1 is 0.899 bits per heavy atom. The van der Waals surface area contributed by atoms with Crippen LogP contribution in [0.5, 0.6) is 11.5 Å². The third kappa shape index (κ3) is 10.3. The van der Waals surface area contributed by atoms with Crippen LogP contribution in [-0.2, 0) is 41.1 Å². The van der Waals surface area contributed by atoms with E-state index in [0.717, 1.165) is 4.90 Å². The number of nitrogens with two attached hydrogens (primary N) is 2. The molecule has 23 nitrogen and oxygen atoms in total. The van der Waals surface area contributed by atoms with E-state index in [4.69, 9.17) is 25.9 Å². The zero-order chi connectivity index (χ0) is 49.8. The Morgan fingerprint density at radius 3 is 2.03 bits per heavy atom. The van der Waals surface area contributed by atoms with Crippen LogP contribution in [-0.4, -0.2) is 129 Å². The molecule has 2 aromatic carbocycles. The number of hydrogen-bond donors (Lipinski definition) is 5. The molecule has 69 heavy (non-hydrogen) atoms. The van der Waals surface area contributed by atoms with Gasteiger partial charge in [0.05, 0.1) is 41.9 Å². The number of carbonyl (C=O) groups is 7. The first-order valence-corrected chi connectivity index (χ1v) is 22.3. The topological polar surface area (TPSA) is 292 Å². The maximum absolute atomic E-state index is 13.8. The fraction of sp³-hybridized carbons (Fsp3) is 0.356. The van der Waals surface area contributed by atoms with Gasteiger partial charge in [-0.3, -0.25) is 58.5 Å². The number of methoxy groups -OCH3 is 1. The molecule has 0 spiro atoms. The Labute approximate surface area is 400 Å². The van der Waals surface area contributed by atoms with E-state index in [9.17, 15) is 33.6 Å². The second-order valence-corrected chi connectivity index (χ2v) is 16.9. The Kier molecular flexibility index (Phi) is 14.5. The summed E-state index contributed by atoms with van der Waals surface area (Å²) in [6.07, 6.45) is 5.41. The molecular weight excluding hydrogens is 913 g/mol. The number of rotatable bonds is 20.